The van der Waals surface area contributed by atoms with Gasteiger partial charge in [0.05, 0.1) is 12.8 Å². The van der Waals surface area contributed by atoms with Crippen molar-refractivity contribution in [2.45, 2.75) is 6.42 Å². The minimum Gasteiger partial charge on any atom is -0.492 e. The van der Waals surface area contributed by atoms with E-state index in [-0.39, 0.29) is 0 Å². The van der Waals surface area contributed by atoms with Crippen molar-refractivity contribution in [2.24, 2.45) is 0 Å². The molecule has 0 aromatic carbocycles. The van der Waals surface area contributed by atoms with Crippen LogP contribution in [0.5, 0.6) is 5.75 Å². The molecular formula is C9H13BrN2O. The predicted molar refractivity (Wildman–Crippen MR) is 56.0 cm³/mol. The molecule has 0 aliphatic carbocycles. The van der Waals surface area contributed by atoms with Gasteiger partial charge in [0.15, 0.2) is 0 Å². The smallest absolute Gasteiger partial charge is 0.138 e. The van der Waals surface area contributed by atoms with Crippen LogP contribution in [0.3, 0.4) is 0 Å². The molecule has 0 saturated heterocycles. The van der Waals surface area contributed by atoms with Gasteiger partial charge in [0.2, 0.25) is 0 Å². The first-order chi connectivity index (χ1) is 6.33. The second-order valence-corrected chi connectivity index (χ2v) is 3.56. The summed E-state index contributed by atoms with van der Waals surface area (Å²) in [5.74, 6) is 0.811. The van der Waals surface area contributed by atoms with Crippen molar-refractivity contribution in [3.05, 3.63) is 22.9 Å². The van der Waals surface area contributed by atoms with E-state index in [2.05, 4.69) is 26.2 Å². The van der Waals surface area contributed by atoms with Gasteiger partial charge in [-0.2, -0.15) is 0 Å². The zero-order valence-corrected chi connectivity index (χ0v) is 9.17. The van der Waals surface area contributed by atoms with Crippen LogP contribution in [-0.4, -0.2) is 25.2 Å². The molecule has 0 fully saturated rings. The Morgan fingerprint density at radius 2 is 2.38 bits per heavy atom. The van der Waals surface area contributed by atoms with Gasteiger partial charge in [-0.1, -0.05) is 0 Å². The molecule has 0 amide bonds. The molecule has 0 aliphatic heterocycles. The number of nitrogens with zero attached hydrogens (tertiary/aromatic N) is 1. The van der Waals surface area contributed by atoms with Crippen molar-refractivity contribution < 1.29 is 4.74 Å². The lowest BCUT2D eigenvalue weighted by molar-refractivity contribution is 0.308. The molecule has 0 saturated carbocycles. The van der Waals surface area contributed by atoms with E-state index in [9.17, 15) is 0 Å². The summed E-state index contributed by atoms with van der Waals surface area (Å²) in [5.41, 5.74) is 0. The number of hydrogen-bond donors (Lipinski definition) is 1. The Kier molecular flexibility index (Phi) is 4.78. The maximum absolute atomic E-state index is 5.46. The van der Waals surface area contributed by atoms with Gasteiger partial charge in [0.25, 0.3) is 0 Å². The summed E-state index contributed by atoms with van der Waals surface area (Å²) in [4.78, 5) is 4.00. The van der Waals surface area contributed by atoms with Crippen LogP contribution < -0.4 is 10.1 Å². The van der Waals surface area contributed by atoms with Gasteiger partial charge in [-0.3, -0.25) is 4.98 Å². The topological polar surface area (TPSA) is 34.1 Å². The SMILES string of the molecule is CNCCCOc1cncc(Br)c1. The second-order valence-electron chi connectivity index (χ2n) is 2.64. The summed E-state index contributed by atoms with van der Waals surface area (Å²) < 4.78 is 6.40. The van der Waals surface area contributed by atoms with Gasteiger partial charge < -0.3 is 10.1 Å². The van der Waals surface area contributed by atoms with Crippen LogP contribution in [0, 0.1) is 0 Å². The van der Waals surface area contributed by atoms with E-state index in [4.69, 9.17) is 4.74 Å². The fraction of sp³-hybridized carbons (Fsp3) is 0.444. The highest BCUT2D eigenvalue weighted by molar-refractivity contribution is 9.10. The van der Waals surface area contributed by atoms with Crippen LogP contribution in [-0.2, 0) is 0 Å². The summed E-state index contributed by atoms with van der Waals surface area (Å²) in [6.07, 6.45) is 4.45. The fourth-order valence-electron chi connectivity index (χ4n) is 0.910. The highest BCUT2D eigenvalue weighted by Gasteiger charge is 1.94. The molecule has 1 rings (SSSR count). The van der Waals surface area contributed by atoms with Gasteiger partial charge in [0, 0.05) is 10.7 Å². The summed E-state index contributed by atoms with van der Waals surface area (Å²) >= 11 is 3.33. The normalized spacial score (nSPS) is 10.0. The van der Waals surface area contributed by atoms with Gasteiger partial charge in [0.1, 0.15) is 5.75 Å². The molecule has 1 aromatic heterocycles. The maximum Gasteiger partial charge on any atom is 0.138 e. The van der Waals surface area contributed by atoms with Gasteiger partial charge >= 0.3 is 0 Å². The Morgan fingerprint density at radius 3 is 3.08 bits per heavy atom. The minimum atomic E-state index is 0.721. The van der Waals surface area contributed by atoms with Crippen molar-refractivity contribution in [3.63, 3.8) is 0 Å². The number of nitrogens with one attached hydrogen (secondary N) is 1. The molecule has 13 heavy (non-hydrogen) atoms. The van der Waals surface area contributed by atoms with Crippen molar-refractivity contribution in [1.29, 1.82) is 0 Å². The average Bonchev–Trinajstić information content (AvgIpc) is 2.13. The van der Waals surface area contributed by atoms with E-state index < -0.39 is 0 Å². The highest BCUT2D eigenvalue weighted by Crippen LogP contribution is 2.15. The number of hydrogen-bond acceptors (Lipinski definition) is 3. The molecule has 1 heterocycles. The van der Waals surface area contributed by atoms with Crippen LogP contribution in [0.15, 0.2) is 22.9 Å². The Morgan fingerprint density at radius 1 is 1.54 bits per heavy atom. The molecule has 72 valence electrons. The van der Waals surface area contributed by atoms with Crippen LogP contribution in [0.2, 0.25) is 0 Å². The Balaban J connectivity index is 2.28. The molecule has 3 nitrogen and oxygen atoms in total. The van der Waals surface area contributed by atoms with Crippen LogP contribution in [0.1, 0.15) is 6.42 Å². The van der Waals surface area contributed by atoms with E-state index in [1.807, 2.05) is 13.1 Å². The van der Waals surface area contributed by atoms with Gasteiger partial charge in [-0.05, 0) is 42.0 Å². The largest absolute Gasteiger partial charge is 0.492 e. The zero-order chi connectivity index (χ0) is 9.52. The molecule has 0 atom stereocenters. The van der Waals surface area contributed by atoms with Gasteiger partial charge in [-0.15, -0.1) is 0 Å². The van der Waals surface area contributed by atoms with Crippen LogP contribution in [0.25, 0.3) is 0 Å². The summed E-state index contributed by atoms with van der Waals surface area (Å²) in [7, 11) is 1.93. The molecule has 4 heteroatoms. The van der Waals surface area contributed by atoms with E-state index in [0.29, 0.717) is 0 Å². The minimum absolute atomic E-state index is 0.721. The third kappa shape index (κ3) is 4.24. The average molecular weight is 245 g/mol. The number of pyridine rings is 1. The highest BCUT2D eigenvalue weighted by atomic mass is 79.9. The molecule has 1 N–H and O–H groups in total. The Labute approximate surface area is 86.6 Å². The number of rotatable bonds is 5. The molecule has 1 aromatic rings. The maximum atomic E-state index is 5.46. The first kappa shape index (κ1) is 10.5. The summed E-state index contributed by atoms with van der Waals surface area (Å²) in [6.45, 7) is 1.69. The molecular weight excluding hydrogens is 232 g/mol. The number of aromatic nitrogens is 1. The molecule has 0 aliphatic rings. The van der Waals surface area contributed by atoms with Gasteiger partial charge in [-0.25, -0.2) is 0 Å². The molecule has 0 spiro atoms. The van der Waals surface area contributed by atoms with E-state index >= 15 is 0 Å². The molecule has 0 bridgehead atoms. The lowest BCUT2D eigenvalue weighted by Gasteiger charge is -2.04. The quantitative estimate of drug-likeness (QED) is 0.803. The predicted octanol–water partition coefficient (Wildman–Crippen LogP) is 1.83. The molecule has 0 radical (unpaired) electrons. The van der Waals surface area contributed by atoms with E-state index in [1.165, 1.54) is 0 Å². The van der Waals surface area contributed by atoms with Crippen molar-refractivity contribution in [3.8, 4) is 5.75 Å². The first-order valence-electron chi connectivity index (χ1n) is 4.21. The van der Waals surface area contributed by atoms with Crippen LogP contribution in [0.4, 0.5) is 0 Å². The summed E-state index contributed by atoms with van der Waals surface area (Å²) in [6, 6.07) is 1.91. The zero-order valence-electron chi connectivity index (χ0n) is 7.59. The third-order valence-electron chi connectivity index (χ3n) is 1.52. The van der Waals surface area contributed by atoms with Crippen molar-refractivity contribution in [2.75, 3.05) is 20.2 Å². The van der Waals surface area contributed by atoms with E-state index in [1.54, 1.807) is 12.4 Å². The lowest BCUT2D eigenvalue weighted by atomic mass is 10.4. The fourth-order valence-corrected chi connectivity index (χ4v) is 1.25. The second kappa shape index (κ2) is 5.94. The number of halogens is 1. The third-order valence-corrected chi connectivity index (χ3v) is 1.95. The molecule has 0 unspecified atom stereocenters. The van der Waals surface area contributed by atoms with Crippen molar-refractivity contribution >= 4 is 15.9 Å². The monoisotopic (exact) mass is 244 g/mol. The Hall–Kier alpha value is -0.610. The summed E-state index contributed by atoms with van der Waals surface area (Å²) in [5, 5.41) is 3.06. The Bertz CT molecular complexity index is 255. The van der Waals surface area contributed by atoms with Crippen molar-refractivity contribution in [1.82, 2.24) is 10.3 Å². The van der Waals surface area contributed by atoms with Crippen LogP contribution >= 0.6 is 15.9 Å². The standard InChI is InChI=1S/C9H13BrN2O/c1-11-3-2-4-13-9-5-8(10)6-12-7-9/h5-7,11H,2-4H2,1H3. The van der Waals surface area contributed by atoms with E-state index in [0.717, 1.165) is 29.8 Å². The first-order valence-corrected chi connectivity index (χ1v) is 5.00. The lowest BCUT2D eigenvalue weighted by Crippen LogP contribution is -2.11. The number of ether oxygens (including phenoxy) is 1.